The normalized spacial score (nSPS) is 23.9. The number of hydrogen-bond donors (Lipinski definition) is 0. The molecule has 1 amide bonds. The summed E-state index contributed by atoms with van der Waals surface area (Å²) in [5, 5.41) is 0. The van der Waals surface area contributed by atoms with Gasteiger partial charge in [-0.3, -0.25) is 0 Å². The molecule has 1 saturated heterocycles. The second-order valence-electron chi connectivity index (χ2n) is 7.41. The lowest BCUT2D eigenvalue weighted by molar-refractivity contribution is 0.0954. The van der Waals surface area contributed by atoms with Crippen molar-refractivity contribution in [2.24, 2.45) is 5.92 Å². The molecule has 0 spiro atoms. The van der Waals surface area contributed by atoms with Crippen LogP contribution in [-0.2, 0) is 14.8 Å². The minimum Gasteiger partial charge on any atom is -0.423 e. The third-order valence-corrected chi connectivity index (χ3v) is 7.28. The van der Waals surface area contributed by atoms with Crippen LogP contribution in [-0.4, -0.2) is 24.4 Å². The van der Waals surface area contributed by atoms with Gasteiger partial charge in [0.25, 0.3) is 10.0 Å². The van der Waals surface area contributed by atoms with Gasteiger partial charge in [-0.05, 0) is 31.4 Å². The number of terminal acetylenes is 1. The number of cyclic esters (lactones) is 1. The van der Waals surface area contributed by atoms with Crippen LogP contribution in [0.2, 0.25) is 0 Å². The number of amides is 1. The minimum absolute atomic E-state index is 0.00584. The fourth-order valence-electron chi connectivity index (χ4n) is 3.85. The average Bonchev–Trinajstić information content (AvgIpc) is 2.92. The van der Waals surface area contributed by atoms with Crippen molar-refractivity contribution in [3.63, 3.8) is 0 Å². The summed E-state index contributed by atoms with van der Waals surface area (Å²) in [5.74, 6) is 3.04. The molecule has 6 heteroatoms. The molecular formula is C21H25NO4S. The van der Waals surface area contributed by atoms with Crippen LogP contribution in [0.3, 0.4) is 0 Å². The van der Waals surface area contributed by atoms with E-state index in [0.29, 0.717) is 16.6 Å². The van der Waals surface area contributed by atoms with E-state index in [1.165, 1.54) is 31.4 Å². The predicted molar refractivity (Wildman–Crippen MR) is 103 cm³/mol. The highest BCUT2D eigenvalue weighted by atomic mass is 32.2. The Kier molecular flexibility index (Phi) is 5.34. The number of ether oxygens (including phenoxy) is 1. The van der Waals surface area contributed by atoms with Crippen LogP contribution in [0.15, 0.2) is 41.4 Å². The van der Waals surface area contributed by atoms with Crippen LogP contribution in [0.1, 0.15) is 50.5 Å². The molecule has 1 aliphatic heterocycles. The van der Waals surface area contributed by atoms with Crippen LogP contribution in [0.4, 0.5) is 4.79 Å². The maximum absolute atomic E-state index is 13.0. The molecule has 0 radical (unpaired) electrons. The lowest BCUT2D eigenvalue weighted by atomic mass is 9.82. The van der Waals surface area contributed by atoms with Crippen LogP contribution in [0.5, 0.6) is 0 Å². The Balaban J connectivity index is 1.84. The van der Waals surface area contributed by atoms with Crippen molar-refractivity contribution in [1.29, 1.82) is 0 Å². The van der Waals surface area contributed by atoms with Gasteiger partial charge in [0.1, 0.15) is 0 Å². The Morgan fingerprint density at radius 3 is 2.48 bits per heavy atom. The fourth-order valence-corrected chi connectivity index (χ4v) is 5.21. The van der Waals surface area contributed by atoms with Crippen molar-refractivity contribution in [1.82, 2.24) is 4.31 Å². The van der Waals surface area contributed by atoms with Crippen molar-refractivity contribution < 1.29 is 17.9 Å². The van der Waals surface area contributed by atoms with E-state index >= 15 is 0 Å². The molecule has 1 aromatic carbocycles. The van der Waals surface area contributed by atoms with Crippen LogP contribution in [0, 0.1) is 25.2 Å². The van der Waals surface area contributed by atoms with Gasteiger partial charge in [-0.1, -0.05) is 62.3 Å². The van der Waals surface area contributed by atoms with E-state index in [9.17, 15) is 13.2 Å². The van der Waals surface area contributed by atoms with Crippen molar-refractivity contribution in [2.75, 3.05) is 0 Å². The third kappa shape index (κ3) is 3.61. The second-order valence-corrected chi connectivity index (χ2v) is 9.20. The number of nitrogens with zero attached hydrogens (tertiary/aromatic N) is 1. The molecule has 0 N–H and O–H groups in total. The lowest BCUT2D eigenvalue weighted by Gasteiger charge is -2.27. The van der Waals surface area contributed by atoms with Crippen molar-refractivity contribution in [2.45, 2.75) is 62.4 Å². The van der Waals surface area contributed by atoms with Gasteiger partial charge in [0.05, 0.1) is 10.6 Å². The SMILES string of the molecule is C#CC1(CCC2CCCCC2)OC(=O)N(S(=O)(=O)c2ccc(C)cc2)C1=C. The third-order valence-electron chi connectivity index (χ3n) is 5.56. The molecule has 0 bridgehead atoms. The van der Waals surface area contributed by atoms with Gasteiger partial charge in [0.2, 0.25) is 5.60 Å². The summed E-state index contributed by atoms with van der Waals surface area (Å²) in [6.45, 7) is 5.70. The number of rotatable bonds is 5. The molecule has 1 aliphatic carbocycles. The molecular weight excluding hydrogens is 362 g/mol. The van der Waals surface area contributed by atoms with E-state index in [1.807, 2.05) is 6.92 Å². The Bertz CT molecular complexity index is 876. The first kappa shape index (κ1) is 19.5. The topological polar surface area (TPSA) is 63.7 Å². The van der Waals surface area contributed by atoms with E-state index in [2.05, 4.69) is 12.5 Å². The highest BCUT2D eigenvalue weighted by molar-refractivity contribution is 7.89. The molecule has 2 fully saturated rings. The first-order valence-electron chi connectivity index (χ1n) is 9.32. The number of benzene rings is 1. The van der Waals surface area contributed by atoms with Crippen LogP contribution in [0.25, 0.3) is 0 Å². The lowest BCUT2D eigenvalue weighted by Crippen LogP contribution is -2.34. The zero-order valence-corrected chi connectivity index (χ0v) is 16.4. The van der Waals surface area contributed by atoms with E-state index in [-0.39, 0.29) is 10.6 Å². The van der Waals surface area contributed by atoms with Crippen molar-refractivity contribution in [3.05, 3.63) is 42.1 Å². The van der Waals surface area contributed by atoms with Gasteiger partial charge < -0.3 is 4.74 Å². The summed E-state index contributed by atoms with van der Waals surface area (Å²) in [6, 6.07) is 6.27. The number of sulfonamides is 1. The van der Waals surface area contributed by atoms with Crippen LogP contribution < -0.4 is 0 Å². The Morgan fingerprint density at radius 2 is 1.89 bits per heavy atom. The molecule has 0 aromatic heterocycles. The van der Waals surface area contributed by atoms with Gasteiger partial charge >= 0.3 is 6.09 Å². The quantitative estimate of drug-likeness (QED) is 0.703. The van der Waals surface area contributed by atoms with Gasteiger partial charge in [0.15, 0.2) is 0 Å². The summed E-state index contributed by atoms with van der Waals surface area (Å²) in [4.78, 5) is 12.5. The van der Waals surface area contributed by atoms with Crippen molar-refractivity contribution >= 4 is 16.1 Å². The summed E-state index contributed by atoms with van der Waals surface area (Å²) >= 11 is 0. The molecule has 1 atom stereocenters. The Hall–Kier alpha value is -2.26. The number of carbonyl (C=O) groups is 1. The molecule has 3 rings (SSSR count). The fraction of sp³-hybridized carbons (Fsp3) is 0.476. The molecule has 27 heavy (non-hydrogen) atoms. The molecule has 1 saturated carbocycles. The minimum atomic E-state index is -4.11. The average molecular weight is 388 g/mol. The maximum atomic E-state index is 13.0. The first-order chi connectivity index (χ1) is 12.8. The highest BCUT2D eigenvalue weighted by Gasteiger charge is 2.53. The number of hydrogen-bond acceptors (Lipinski definition) is 4. The zero-order valence-electron chi connectivity index (χ0n) is 15.6. The standard InChI is InChI=1S/C21H25NO4S/c1-4-21(15-14-18-8-6-5-7-9-18)17(3)22(20(23)26-21)27(24,25)19-12-10-16(2)11-13-19/h1,10-13,18H,3,5-9,14-15H2,2H3. The van der Waals surface area contributed by atoms with Crippen molar-refractivity contribution in [3.8, 4) is 12.3 Å². The smallest absolute Gasteiger partial charge is 0.423 e. The molecule has 1 aromatic rings. The molecule has 1 unspecified atom stereocenters. The molecule has 5 nitrogen and oxygen atoms in total. The van der Waals surface area contributed by atoms with E-state index in [1.54, 1.807) is 12.1 Å². The zero-order chi connectivity index (χ0) is 19.7. The first-order valence-corrected chi connectivity index (χ1v) is 10.8. The van der Waals surface area contributed by atoms with Gasteiger partial charge in [0, 0.05) is 6.42 Å². The van der Waals surface area contributed by atoms with E-state index in [0.717, 1.165) is 24.8 Å². The van der Waals surface area contributed by atoms with Gasteiger partial charge in [-0.25, -0.2) is 13.2 Å². The Labute approximate surface area is 161 Å². The highest BCUT2D eigenvalue weighted by Crippen LogP contribution is 2.41. The van der Waals surface area contributed by atoms with E-state index in [4.69, 9.17) is 11.2 Å². The van der Waals surface area contributed by atoms with E-state index < -0.39 is 21.7 Å². The summed E-state index contributed by atoms with van der Waals surface area (Å²) in [5.41, 5.74) is -0.472. The predicted octanol–water partition coefficient (Wildman–Crippen LogP) is 4.38. The maximum Gasteiger partial charge on any atom is 0.430 e. The molecule has 144 valence electrons. The number of carbonyl (C=O) groups excluding carboxylic acids is 1. The molecule has 1 heterocycles. The van der Waals surface area contributed by atoms with Gasteiger partial charge in [-0.15, -0.1) is 6.42 Å². The summed E-state index contributed by atoms with van der Waals surface area (Å²) in [6.07, 6.45) is 11.8. The second kappa shape index (κ2) is 7.40. The largest absolute Gasteiger partial charge is 0.430 e. The monoisotopic (exact) mass is 387 g/mol. The molecule has 2 aliphatic rings. The van der Waals surface area contributed by atoms with Crippen LogP contribution >= 0.6 is 0 Å². The Morgan fingerprint density at radius 1 is 1.26 bits per heavy atom. The summed E-state index contributed by atoms with van der Waals surface area (Å²) in [7, 11) is -4.11. The van der Waals surface area contributed by atoms with Gasteiger partial charge in [-0.2, -0.15) is 4.31 Å². The summed E-state index contributed by atoms with van der Waals surface area (Å²) < 4.78 is 32.0. The number of aryl methyl sites for hydroxylation is 1.